The maximum Gasteiger partial charge on any atom is 0.238 e. The van der Waals surface area contributed by atoms with Crippen molar-refractivity contribution in [2.45, 2.75) is 63.2 Å². The first-order valence-electron chi connectivity index (χ1n) is 18.6. The van der Waals surface area contributed by atoms with E-state index in [0.29, 0.717) is 0 Å². The Kier molecular flexibility index (Phi) is 11.6. The summed E-state index contributed by atoms with van der Waals surface area (Å²) in [5, 5.41) is 64.5. The van der Waals surface area contributed by atoms with Gasteiger partial charge in [-0.1, -0.05) is 27.7 Å². The summed E-state index contributed by atoms with van der Waals surface area (Å²) in [7, 11) is -8.13. The van der Waals surface area contributed by atoms with Crippen molar-refractivity contribution in [3.8, 4) is 23.0 Å². The molecule has 0 unspecified atom stereocenters. The second-order valence-corrected chi connectivity index (χ2v) is 18.2. The quantitative estimate of drug-likeness (QED) is 0.0556. The molecule has 2 aliphatic carbocycles. The van der Waals surface area contributed by atoms with Gasteiger partial charge in [0.05, 0.1) is 43.7 Å². The molecule has 0 heterocycles. The zero-order valence-corrected chi connectivity index (χ0v) is 35.5. The number of phenolic OH excluding ortho intramolecular Hbond substituents is 4. The summed E-state index contributed by atoms with van der Waals surface area (Å²) >= 11 is 0. The van der Waals surface area contributed by atoms with Crippen LogP contribution in [0.4, 0.5) is 11.4 Å². The molecule has 4 aromatic rings. The van der Waals surface area contributed by atoms with Gasteiger partial charge in [0, 0.05) is 44.5 Å². The molecule has 0 spiro atoms. The average molecular weight is 885 g/mol. The predicted molar refractivity (Wildman–Crippen MR) is 229 cm³/mol. The number of aldehydes is 2. The first kappa shape index (κ1) is 44.5. The van der Waals surface area contributed by atoms with Crippen molar-refractivity contribution in [2.75, 3.05) is 10.9 Å². The van der Waals surface area contributed by atoms with Gasteiger partial charge in [0.2, 0.25) is 20.0 Å². The SMILES string of the molecule is CC1=C(C2=C(C)/C(=N\Nc3ccc(S(N)(=O)=O)cc3)c3c(c(C=O)c(O)c(O)c3C(C)C)C2=O)C(=O)c2c(C=O)c(O)c(O)c(C(C)C)c2/C1=N/Nc1ccc(S(N)(=O)=O)cc1. The Balaban J connectivity index is 1.72. The fourth-order valence-electron chi connectivity index (χ4n) is 7.60. The largest absolute Gasteiger partial charge is 0.504 e. The van der Waals surface area contributed by atoms with Crippen LogP contribution in [0.25, 0.3) is 0 Å². The molecule has 0 fully saturated rings. The molecular weight excluding hydrogens is 845 g/mol. The zero-order chi connectivity index (χ0) is 45.9. The highest BCUT2D eigenvalue weighted by Gasteiger charge is 2.44. The van der Waals surface area contributed by atoms with Crippen molar-refractivity contribution in [3.63, 3.8) is 0 Å². The number of hydrogen-bond acceptors (Lipinski definition) is 16. The Hall–Kier alpha value is -7.00. The molecule has 322 valence electrons. The predicted octanol–water partition coefficient (Wildman–Crippen LogP) is 5.03. The first-order valence-corrected chi connectivity index (χ1v) is 21.7. The third-order valence-corrected chi connectivity index (χ3v) is 12.3. The Bertz CT molecular complexity index is 2820. The number of allylic oxidation sites excluding steroid dienone is 4. The van der Waals surface area contributed by atoms with E-state index in [2.05, 4.69) is 21.1 Å². The second-order valence-electron chi connectivity index (χ2n) is 15.0. The van der Waals surface area contributed by atoms with Crippen molar-refractivity contribution in [1.29, 1.82) is 0 Å². The van der Waals surface area contributed by atoms with Crippen LogP contribution in [0.3, 0.4) is 0 Å². The number of phenols is 4. The van der Waals surface area contributed by atoms with Gasteiger partial charge < -0.3 is 20.4 Å². The standard InChI is InChI=1S/C42H40N6O12S2/c1-17(2)27-33-31(25(15-49)37(51)41(27)55)39(53)29(19(5)35(33)47-45-21-7-11-23(12-8-21)61(43,57)58)30-20(6)36(48-46-22-9-13-24(14-10-22)62(44,59)60)34-28(18(3)4)42(56)38(52)26(16-50)32(34)40(30)54/h7-18,45-46,51-52,55-56H,1-6H3,(H2,43,57,58)(H2,44,59,60)/b47-35+,48-36+. The van der Waals surface area contributed by atoms with E-state index < -0.39 is 88.7 Å². The van der Waals surface area contributed by atoms with E-state index in [1.54, 1.807) is 27.7 Å². The number of carbonyl (C=O) groups is 4. The zero-order valence-electron chi connectivity index (χ0n) is 33.8. The van der Waals surface area contributed by atoms with Gasteiger partial charge in [0.15, 0.2) is 47.1 Å². The number of hydrazone groups is 2. The molecule has 18 nitrogen and oxygen atoms in total. The topological polar surface area (TPSA) is 318 Å². The van der Waals surface area contributed by atoms with Crippen molar-refractivity contribution in [1.82, 2.24) is 0 Å². The lowest BCUT2D eigenvalue weighted by Crippen LogP contribution is -2.33. The second kappa shape index (κ2) is 16.1. The number of nitrogens with zero attached hydrogens (tertiary/aromatic N) is 2. The van der Waals surface area contributed by atoms with E-state index in [-0.39, 0.29) is 89.7 Å². The third kappa shape index (κ3) is 7.42. The molecule has 0 saturated carbocycles. The molecule has 0 aliphatic heterocycles. The number of benzene rings is 4. The fraction of sp³-hybridized carbons (Fsp3) is 0.190. The van der Waals surface area contributed by atoms with Crippen LogP contribution in [0.2, 0.25) is 0 Å². The van der Waals surface area contributed by atoms with E-state index in [1.807, 2.05) is 0 Å². The maximum atomic E-state index is 15.1. The smallest absolute Gasteiger partial charge is 0.238 e. The van der Waals surface area contributed by atoms with E-state index >= 15 is 9.59 Å². The number of anilines is 2. The number of aromatic hydroxyl groups is 4. The molecule has 0 amide bonds. The number of nitrogens with two attached hydrogens (primary N) is 2. The maximum absolute atomic E-state index is 15.1. The van der Waals surface area contributed by atoms with Crippen molar-refractivity contribution < 1.29 is 56.4 Å². The number of carbonyl (C=O) groups excluding carboxylic acids is 4. The number of nitrogens with one attached hydrogen (secondary N) is 2. The summed E-state index contributed by atoms with van der Waals surface area (Å²) in [5.41, 5.74) is 2.67. The van der Waals surface area contributed by atoms with Crippen LogP contribution in [0.1, 0.15) is 117 Å². The summed E-state index contributed by atoms with van der Waals surface area (Å²) in [5.74, 6) is -6.46. The van der Waals surface area contributed by atoms with Crippen LogP contribution >= 0.6 is 0 Å². The highest BCUT2D eigenvalue weighted by atomic mass is 32.2. The fourth-order valence-corrected chi connectivity index (χ4v) is 8.63. The highest BCUT2D eigenvalue weighted by Crippen LogP contribution is 2.50. The lowest BCUT2D eigenvalue weighted by atomic mass is 9.70. The lowest BCUT2D eigenvalue weighted by molar-refractivity contribution is 0.0989. The van der Waals surface area contributed by atoms with E-state index in [4.69, 9.17) is 10.3 Å². The highest BCUT2D eigenvalue weighted by molar-refractivity contribution is 7.89. The van der Waals surface area contributed by atoms with E-state index in [1.165, 1.54) is 62.4 Å². The van der Waals surface area contributed by atoms with Gasteiger partial charge in [-0.05, 0) is 85.4 Å². The minimum atomic E-state index is -4.06. The Labute approximate surface area is 355 Å². The monoisotopic (exact) mass is 884 g/mol. The van der Waals surface area contributed by atoms with Crippen LogP contribution in [0.5, 0.6) is 23.0 Å². The van der Waals surface area contributed by atoms with Crippen LogP contribution in [0.15, 0.2) is 90.8 Å². The van der Waals surface area contributed by atoms with Crippen LogP contribution in [-0.4, -0.2) is 72.8 Å². The summed E-state index contributed by atoms with van der Waals surface area (Å²) in [4.78, 5) is 55.3. The van der Waals surface area contributed by atoms with E-state index in [9.17, 15) is 46.9 Å². The molecule has 4 aromatic carbocycles. The van der Waals surface area contributed by atoms with Crippen molar-refractivity contribution >= 4 is 67.0 Å². The van der Waals surface area contributed by atoms with Crippen LogP contribution < -0.4 is 21.1 Å². The minimum absolute atomic E-state index is 0.0103. The van der Waals surface area contributed by atoms with E-state index in [0.717, 1.165) is 0 Å². The van der Waals surface area contributed by atoms with Gasteiger partial charge in [-0.2, -0.15) is 10.2 Å². The molecular formula is C42H40N6O12S2. The number of sulfonamides is 2. The molecule has 0 aromatic heterocycles. The minimum Gasteiger partial charge on any atom is -0.504 e. The molecule has 6 rings (SSSR count). The number of Topliss-reactive ketones (excluding diaryl/α,β-unsaturated/α-hetero) is 2. The summed E-state index contributed by atoms with van der Waals surface area (Å²) < 4.78 is 47.6. The average Bonchev–Trinajstić information content (AvgIpc) is 3.19. The van der Waals surface area contributed by atoms with Crippen molar-refractivity contribution in [3.05, 3.63) is 115 Å². The summed E-state index contributed by atoms with van der Waals surface area (Å²) in [6.07, 6.45) is 0.311. The number of fused-ring (bicyclic) bond motifs is 2. The normalized spacial score (nSPS) is 15.7. The van der Waals surface area contributed by atoms with Gasteiger partial charge in [0.25, 0.3) is 0 Å². The van der Waals surface area contributed by atoms with Crippen molar-refractivity contribution in [2.24, 2.45) is 20.5 Å². The summed E-state index contributed by atoms with van der Waals surface area (Å²) in [6.45, 7) is 9.43. The van der Waals surface area contributed by atoms with Gasteiger partial charge in [-0.25, -0.2) is 27.1 Å². The Morgan fingerprint density at radius 3 is 1.11 bits per heavy atom. The molecule has 62 heavy (non-hydrogen) atoms. The number of hydrogen-bond donors (Lipinski definition) is 8. The van der Waals surface area contributed by atoms with Gasteiger partial charge >= 0.3 is 0 Å². The van der Waals surface area contributed by atoms with Gasteiger partial charge in [-0.3, -0.25) is 30.0 Å². The molecule has 0 bridgehead atoms. The molecule has 20 heteroatoms. The summed E-state index contributed by atoms with van der Waals surface area (Å²) in [6, 6.07) is 10.2. The molecule has 0 radical (unpaired) electrons. The Morgan fingerprint density at radius 1 is 0.548 bits per heavy atom. The third-order valence-electron chi connectivity index (χ3n) is 10.5. The molecule has 0 saturated heterocycles. The molecule has 2 aliphatic rings. The number of rotatable bonds is 11. The first-order chi connectivity index (χ1) is 29.0. The number of ketones is 2. The number of primary sulfonamides is 2. The van der Waals surface area contributed by atoms with Crippen LogP contribution in [0, 0.1) is 0 Å². The molecule has 0 atom stereocenters. The van der Waals surface area contributed by atoms with Gasteiger partial charge in [0.1, 0.15) is 0 Å². The van der Waals surface area contributed by atoms with Gasteiger partial charge in [-0.15, -0.1) is 0 Å². The van der Waals surface area contributed by atoms with Crippen LogP contribution in [-0.2, 0) is 20.0 Å². The lowest BCUT2D eigenvalue weighted by Gasteiger charge is -2.32. The Morgan fingerprint density at radius 2 is 0.855 bits per heavy atom. The molecule has 10 N–H and O–H groups in total.